The summed E-state index contributed by atoms with van der Waals surface area (Å²) in [5.74, 6) is 0. The van der Waals surface area contributed by atoms with E-state index in [1.54, 1.807) is 0 Å². The van der Waals surface area contributed by atoms with E-state index in [0.717, 1.165) is 13.1 Å². The molecule has 100 valence electrons. The summed E-state index contributed by atoms with van der Waals surface area (Å²) in [6.07, 6.45) is 1.24. The Kier molecular flexibility index (Phi) is 4.33. The summed E-state index contributed by atoms with van der Waals surface area (Å²) in [5, 5.41) is 3.63. The predicted octanol–water partition coefficient (Wildman–Crippen LogP) is 3.64. The number of rotatable bonds is 3. The van der Waals surface area contributed by atoms with Crippen LogP contribution in [0.25, 0.3) is 0 Å². The number of hydrogen-bond donors (Lipinski definition) is 1. The van der Waals surface area contributed by atoms with Gasteiger partial charge in [0.05, 0.1) is 0 Å². The number of nitrogens with zero attached hydrogens (tertiary/aromatic N) is 1. The minimum absolute atomic E-state index is 0.573. The van der Waals surface area contributed by atoms with Gasteiger partial charge in [-0.2, -0.15) is 0 Å². The summed E-state index contributed by atoms with van der Waals surface area (Å²) in [7, 11) is 0. The Morgan fingerprint density at radius 3 is 2.44 bits per heavy atom. The van der Waals surface area contributed by atoms with Gasteiger partial charge in [-0.05, 0) is 43.5 Å². The minimum atomic E-state index is 0.573. The molecule has 1 fully saturated rings. The zero-order valence-corrected chi connectivity index (χ0v) is 13.3. The Morgan fingerprint density at radius 1 is 1.28 bits per heavy atom. The van der Waals surface area contributed by atoms with Gasteiger partial charge in [0.1, 0.15) is 0 Å². The number of nitrogens with one attached hydrogen (secondary N) is 1. The third kappa shape index (κ3) is 3.07. The van der Waals surface area contributed by atoms with E-state index in [4.69, 9.17) is 0 Å². The number of halogens is 1. The average molecular weight is 311 g/mol. The highest BCUT2D eigenvalue weighted by Gasteiger charge is 2.23. The summed E-state index contributed by atoms with van der Waals surface area (Å²) in [6.45, 7) is 11.1. The third-order valence-corrected chi connectivity index (χ3v) is 4.79. The second-order valence-electron chi connectivity index (χ2n) is 5.65. The largest absolute Gasteiger partial charge is 0.370 e. The average Bonchev–Trinajstić information content (AvgIpc) is 2.72. The highest BCUT2D eigenvalue weighted by atomic mass is 79.9. The molecule has 0 spiro atoms. The smallest absolute Gasteiger partial charge is 0.0372 e. The topological polar surface area (TPSA) is 15.3 Å². The fraction of sp³-hybridized carbons (Fsp3) is 0.600. The van der Waals surface area contributed by atoms with Gasteiger partial charge in [-0.25, -0.2) is 0 Å². The fourth-order valence-electron chi connectivity index (χ4n) is 2.71. The molecule has 1 aromatic carbocycles. The van der Waals surface area contributed by atoms with Crippen LogP contribution in [0.1, 0.15) is 31.4 Å². The third-order valence-electron chi connectivity index (χ3n) is 3.54. The van der Waals surface area contributed by atoms with Crippen LogP contribution < -0.4 is 10.2 Å². The molecule has 1 unspecified atom stereocenters. The Bertz CT molecular complexity index is 405. The maximum atomic E-state index is 3.64. The first-order valence-electron chi connectivity index (χ1n) is 6.75. The van der Waals surface area contributed by atoms with Crippen molar-refractivity contribution in [2.75, 3.05) is 18.0 Å². The minimum Gasteiger partial charge on any atom is -0.370 e. The summed E-state index contributed by atoms with van der Waals surface area (Å²) >= 11 is 3.64. The van der Waals surface area contributed by atoms with Crippen LogP contribution in [-0.4, -0.2) is 25.2 Å². The first-order valence-corrected chi connectivity index (χ1v) is 7.54. The molecule has 0 radical (unpaired) electrons. The summed E-state index contributed by atoms with van der Waals surface area (Å²) in [4.78, 5) is 2.49. The van der Waals surface area contributed by atoms with E-state index in [9.17, 15) is 0 Å². The van der Waals surface area contributed by atoms with Gasteiger partial charge in [-0.1, -0.05) is 29.8 Å². The van der Waals surface area contributed by atoms with Crippen LogP contribution in [-0.2, 0) is 0 Å². The van der Waals surface area contributed by atoms with Gasteiger partial charge in [0.2, 0.25) is 0 Å². The van der Waals surface area contributed by atoms with Crippen LogP contribution in [0.3, 0.4) is 0 Å². The van der Waals surface area contributed by atoms with E-state index in [-0.39, 0.29) is 0 Å². The maximum absolute atomic E-state index is 3.64. The molecule has 0 amide bonds. The van der Waals surface area contributed by atoms with Gasteiger partial charge in [-0.15, -0.1) is 0 Å². The van der Waals surface area contributed by atoms with Crippen molar-refractivity contribution in [3.63, 3.8) is 0 Å². The molecule has 0 aromatic heterocycles. The summed E-state index contributed by atoms with van der Waals surface area (Å²) in [6, 6.07) is 5.78. The van der Waals surface area contributed by atoms with Crippen molar-refractivity contribution in [1.82, 2.24) is 5.32 Å². The van der Waals surface area contributed by atoms with Gasteiger partial charge in [0.25, 0.3) is 0 Å². The van der Waals surface area contributed by atoms with Gasteiger partial charge in [0, 0.05) is 35.3 Å². The molecule has 1 aliphatic rings. The number of anilines is 1. The lowest BCUT2D eigenvalue weighted by atomic mass is 10.1. The normalized spacial score (nSPS) is 19.9. The SMILES string of the molecule is Cc1cc(N2CCC(NC(C)C)C2)cc(C)c1Br. The van der Waals surface area contributed by atoms with Gasteiger partial charge in [-0.3, -0.25) is 0 Å². The van der Waals surface area contributed by atoms with E-state index >= 15 is 0 Å². The first kappa shape index (κ1) is 13.9. The Morgan fingerprint density at radius 2 is 1.89 bits per heavy atom. The molecule has 3 heteroatoms. The molecular formula is C15H23BrN2. The Balaban J connectivity index is 2.10. The lowest BCUT2D eigenvalue weighted by molar-refractivity contribution is 0.492. The van der Waals surface area contributed by atoms with E-state index < -0.39 is 0 Å². The molecule has 0 saturated carbocycles. The molecule has 0 aliphatic carbocycles. The molecule has 1 aliphatic heterocycles. The van der Waals surface area contributed by atoms with Gasteiger partial charge >= 0.3 is 0 Å². The molecule has 1 aromatic rings. The van der Waals surface area contributed by atoms with E-state index in [1.807, 2.05) is 0 Å². The van der Waals surface area contributed by atoms with E-state index in [2.05, 4.69) is 66.0 Å². The van der Waals surface area contributed by atoms with Crippen LogP contribution in [0.5, 0.6) is 0 Å². The van der Waals surface area contributed by atoms with Crippen LogP contribution in [0.15, 0.2) is 16.6 Å². The summed E-state index contributed by atoms with van der Waals surface area (Å²) < 4.78 is 1.24. The van der Waals surface area contributed by atoms with Crippen molar-refractivity contribution in [1.29, 1.82) is 0 Å². The number of hydrogen-bond acceptors (Lipinski definition) is 2. The van der Waals surface area contributed by atoms with Gasteiger partial charge < -0.3 is 10.2 Å². The Hall–Kier alpha value is -0.540. The highest BCUT2D eigenvalue weighted by molar-refractivity contribution is 9.10. The summed E-state index contributed by atoms with van der Waals surface area (Å²) in [5.41, 5.74) is 4.01. The second-order valence-corrected chi connectivity index (χ2v) is 6.44. The maximum Gasteiger partial charge on any atom is 0.0372 e. The molecular weight excluding hydrogens is 288 g/mol. The monoisotopic (exact) mass is 310 g/mol. The van der Waals surface area contributed by atoms with Gasteiger partial charge in [0.15, 0.2) is 0 Å². The Labute approximate surface area is 119 Å². The van der Waals surface area contributed by atoms with Crippen molar-refractivity contribution >= 4 is 21.6 Å². The van der Waals surface area contributed by atoms with Crippen molar-refractivity contribution in [2.45, 2.75) is 46.2 Å². The molecule has 1 atom stereocenters. The van der Waals surface area contributed by atoms with Crippen LogP contribution in [0.2, 0.25) is 0 Å². The van der Waals surface area contributed by atoms with E-state index in [0.29, 0.717) is 12.1 Å². The van der Waals surface area contributed by atoms with Crippen molar-refractivity contribution in [2.24, 2.45) is 0 Å². The second kappa shape index (κ2) is 5.62. The molecule has 1 saturated heterocycles. The predicted molar refractivity (Wildman–Crippen MR) is 82.5 cm³/mol. The van der Waals surface area contributed by atoms with Crippen molar-refractivity contribution < 1.29 is 0 Å². The lowest BCUT2D eigenvalue weighted by Gasteiger charge is -2.21. The van der Waals surface area contributed by atoms with Crippen molar-refractivity contribution in [3.05, 3.63) is 27.7 Å². The fourth-order valence-corrected chi connectivity index (χ4v) is 2.94. The lowest BCUT2D eigenvalue weighted by Crippen LogP contribution is -2.37. The van der Waals surface area contributed by atoms with Crippen LogP contribution >= 0.6 is 15.9 Å². The molecule has 2 nitrogen and oxygen atoms in total. The van der Waals surface area contributed by atoms with Crippen LogP contribution in [0, 0.1) is 13.8 Å². The van der Waals surface area contributed by atoms with Crippen LogP contribution in [0.4, 0.5) is 5.69 Å². The number of aryl methyl sites for hydroxylation is 2. The molecule has 1 heterocycles. The first-order chi connectivity index (χ1) is 8.47. The van der Waals surface area contributed by atoms with E-state index in [1.165, 1.54) is 27.7 Å². The zero-order chi connectivity index (χ0) is 13.3. The molecule has 18 heavy (non-hydrogen) atoms. The highest BCUT2D eigenvalue weighted by Crippen LogP contribution is 2.29. The standard InChI is InChI=1S/C15H23BrN2/c1-10(2)17-13-5-6-18(9-13)14-7-11(3)15(16)12(4)8-14/h7-8,10,13,17H,5-6,9H2,1-4H3. The quantitative estimate of drug-likeness (QED) is 0.917. The zero-order valence-electron chi connectivity index (χ0n) is 11.8. The van der Waals surface area contributed by atoms with Crippen molar-refractivity contribution in [3.8, 4) is 0 Å². The number of benzene rings is 1. The molecule has 0 bridgehead atoms. The molecule has 2 rings (SSSR count). The molecule has 1 N–H and O–H groups in total.